The highest BCUT2D eigenvalue weighted by Gasteiger charge is 2.37. The molecule has 6 heteroatoms. The van der Waals surface area contributed by atoms with Crippen LogP contribution < -0.4 is 5.32 Å². The molecule has 3 N–H and O–H groups in total. The number of hydrogen-bond donors (Lipinski definition) is 3. The van der Waals surface area contributed by atoms with Crippen LogP contribution in [0.3, 0.4) is 0 Å². The molecule has 1 amide bonds. The van der Waals surface area contributed by atoms with E-state index in [1.54, 1.807) is 11.3 Å². The third kappa shape index (κ3) is 6.33. The minimum Gasteiger partial charge on any atom is -0.465 e. The molecular formula is C22H32N2O3S. The largest absolute Gasteiger partial charge is 0.465 e. The van der Waals surface area contributed by atoms with Gasteiger partial charge in [-0.05, 0) is 56.2 Å². The van der Waals surface area contributed by atoms with E-state index in [0.717, 1.165) is 12.0 Å². The first-order valence-corrected chi connectivity index (χ1v) is 10.6. The molecule has 0 saturated heterocycles. The lowest BCUT2D eigenvalue weighted by Gasteiger charge is -2.42. The van der Waals surface area contributed by atoms with E-state index in [1.165, 1.54) is 15.3 Å². The van der Waals surface area contributed by atoms with Gasteiger partial charge in [0, 0.05) is 23.5 Å². The quantitative estimate of drug-likeness (QED) is 0.587. The van der Waals surface area contributed by atoms with Crippen molar-refractivity contribution in [2.45, 2.75) is 64.8 Å². The molecule has 0 fully saturated rings. The van der Waals surface area contributed by atoms with Gasteiger partial charge in [0.1, 0.15) is 0 Å². The summed E-state index contributed by atoms with van der Waals surface area (Å²) in [4.78, 5) is 14.7. The van der Waals surface area contributed by atoms with Crippen LogP contribution in [0.5, 0.6) is 0 Å². The van der Waals surface area contributed by atoms with E-state index in [1.807, 2.05) is 51.1 Å². The summed E-state index contributed by atoms with van der Waals surface area (Å²) in [5, 5.41) is 26.2. The van der Waals surface area contributed by atoms with Gasteiger partial charge in [0.05, 0.1) is 12.1 Å². The van der Waals surface area contributed by atoms with Crippen LogP contribution in [0, 0.1) is 0 Å². The van der Waals surface area contributed by atoms with Crippen molar-refractivity contribution in [3.8, 4) is 0 Å². The molecule has 5 nitrogen and oxygen atoms in total. The zero-order chi connectivity index (χ0) is 20.7. The number of amides is 1. The maximum Gasteiger partial charge on any atom is 0.408 e. The van der Waals surface area contributed by atoms with Gasteiger partial charge in [-0.25, -0.2) is 4.79 Å². The van der Waals surface area contributed by atoms with Crippen LogP contribution in [0.4, 0.5) is 4.79 Å². The Morgan fingerprint density at radius 1 is 1.21 bits per heavy atom. The molecule has 0 unspecified atom stereocenters. The molecule has 0 aliphatic rings. The lowest BCUT2D eigenvalue weighted by molar-refractivity contribution is 0.00770. The predicted molar refractivity (Wildman–Crippen MR) is 115 cm³/mol. The van der Waals surface area contributed by atoms with Crippen molar-refractivity contribution in [2.75, 3.05) is 6.54 Å². The Hall–Kier alpha value is -1.89. The van der Waals surface area contributed by atoms with Crippen molar-refractivity contribution in [3.05, 3.63) is 57.8 Å². The van der Waals surface area contributed by atoms with Gasteiger partial charge >= 0.3 is 6.09 Å². The second kappa shape index (κ2) is 10.0. The third-order valence-corrected chi connectivity index (χ3v) is 5.86. The zero-order valence-corrected chi connectivity index (χ0v) is 18.0. The maximum atomic E-state index is 12.0. The number of aryl methyl sites for hydroxylation is 1. The summed E-state index contributed by atoms with van der Waals surface area (Å²) in [5.74, 6) is 0. The summed E-state index contributed by atoms with van der Waals surface area (Å²) in [6, 6.07) is 11.4. The number of aliphatic hydroxyl groups excluding tert-OH is 1. The number of nitrogens with one attached hydrogen (secondary N) is 1. The highest BCUT2D eigenvalue weighted by atomic mass is 32.1. The summed E-state index contributed by atoms with van der Waals surface area (Å²) < 4.78 is 0. The molecule has 0 spiro atoms. The number of carbonyl (C=O) groups is 1. The Balaban J connectivity index is 2.10. The van der Waals surface area contributed by atoms with Gasteiger partial charge in [-0.15, -0.1) is 11.3 Å². The Labute approximate surface area is 172 Å². The summed E-state index contributed by atoms with van der Waals surface area (Å²) in [7, 11) is 0. The van der Waals surface area contributed by atoms with Crippen molar-refractivity contribution < 1.29 is 15.0 Å². The van der Waals surface area contributed by atoms with E-state index in [9.17, 15) is 15.0 Å². The number of aliphatic hydroxyl groups is 1. The molecule has 1 aromatic heterocycles. The Bertz CT molecular complexity index is 740. The highest BCUT2D eigenvalue weighted by molar-refractivity contribution is 7.10. The smallest absolute Gasteiger partial charge is 0.408 e. The first-order valence-electron chi connectivity index (χ1n) is 9.73. The molecule has 154 valence electrons. The minimum absolute atomic E-state index is 0.328. The Kier molecular flexibility index (Phi) is 8.04. The molecule has 0 bridgehead atoms. The van der Waals surface area contributed by atoms with Crippen molar-refractivity contribution >= 4 is 17.4 Å². The first-order chi connectivity index (χ1) is 13.2. The molecule has 0 saturated carbocycles. The minimum atomic E-state index is -1.02. The van der Waals surface area contributed by atoms with Crippen molar-refractivity contribution in [1.82, 2.24) is 10.2 Å². The SMILES string of the molecule is CCc1cc(CNC[C@H](O)[C@H](Cc2ccccc2)N(C(=O)O)C(C)(C)C)cs1. The monoisotopic (exact) mass is 404 g/mol. The van der Waals surface area contributed by atoms with Crippen LogP contribution in [-0.4, -0.2) is 45.4 Å². The number of thiophene rings is 1. The fraction of sp³-hybridized carbons (Fsp3) is 0.500. The third-order valence-electron chi connectivity index (χ3n) is 4.73. The van der Waals surface area contributed by atoms with Gasteiger partial charge in [0.25, 0.3) is 0 Å². The molecule has 2 aromatic rings. The molecule has 1 heterocycles. The average Bonchev–Trinajstić information content (AvgIpc) is 3.08. The normalized spacial score (nSPS) is 13.9. The van der Waals surface area contributed by atoms with Crippen molar-refractivity contribution in [3.63, 3.8) is 0 Å². The summed E-state index contributed by atoms with van der Waals surface area (Å²) in [6.45, 7) is 8.70. The Morgan fingerprint density at radius 2 is 1.89 bits per heavy atom. The number of nitrogens with zero attached hydrogens (tertiary/aromatic N) is 1. The highest BCUT2D eigenvalue weighted by Crippen LogP contribution is 2.23. The molecular weight excluding hydrogens is 372 g/mol. The van der Waals surface area contributed by atoms with Crippen LogP contribution >= 0.6 is 11.3 Å². The molecule has 0 aliphatic carbocycles. The van der Waals surface area contributed by atoms with E-state index in [2.05, 4.69) is 23.7 Å². The number of carboxylic acid groups (broad SMARTS) is 1. The van der Waals surface area contributed by atoms with Crippen LogP contribution in [-0.2, 0) is 19.4 Å². The van der Waals surface area contributed by atoms with E-state index < -0.39 is 23.8 Å². The van der Waals surface area contributed by atoms with Crippen LogP contribution in [0.15, 0.2) is 41.8 Å². The lowest BCUT2D eigenvalue weighted by Crippen LogP contribution is -2.58. The van der Waals surface area contributed by atoms with Crippen LogP contribution in [0.1, 0.15) is 43.7 Å². The molecule has 1 aromatic carbocycles. The van der Waals surface area contributed by atoms with Gasteiger partial charge in [0.15, 0.2) is 0 Å². The average molecular weight is 405 g/mol. The van der Waals surface area contributed by atoms with E-state index in [-0.39, 0.29) is 0 Å². The molecule has 28 heavy (non-hydrogen) atoms. The van der Waals surface area contributed by atoms with E-state index in [4.69, 9.17) is 0 Å². The summed E-state index contributed by atoms with van der Waals surface area (Å²) in [5.41, 5.74) is 1.59. The number of hydrogen-bond acceptors (Lipinski definition) is 4. The van der Waals surface area contributed by atoms with Gasteiger partial charge < -0.3 is 15.5 Å². The van der Waals surface area contributed by atoms with Gasteiger partial charge in [-0.1, -0.05) is 37.3 Å². The zero-order valence-electron chi connectivity index (χ0n) is 17.2. The summed E-state index contributed by atoms with van der Waals surface area (Å²) >= 11 is 1.74. The molecule has 2 atom stereocenters. The fourth-order valence-corrected chi connectivity index (χ4v) is 4.23. The summed E-state index contributed by atoms with van der Waals surface area (Å²) in [6.07, 6.45) is -0.352. The molecule has 0 radical (unpaired) electrons. The Morgan fingerprint density at radius 3 is 2.43 bits per heavy atom. The number of benzene rings is 1. The van der Waals surface area contributed by atoms with Gasteiger partial charge in [-0.3, -0.25) is 4.90 Å². The second-order valence-electron chi connectivity index (χ2n) is 8.05. The van der Waals surface area contributed by atoms with Crippen LogP contribution in [0.25, 0.3) is 0 Å². The topological polar surface area (TPSA) is 72.8 Å². The van der Waals surface area contributed by atoms with Gasteiger partial charge in [0.2, 0.25) is 0 Å². The second-order valence-corrected chi connectivity index (χ2v) is 9.05. The molecule has 2 rings (SSSR count). The first kappa shape index (κ1) is 22.4. The van der Waals surface area contributed by atoms with E-state index in [0.29, 0.717) is 19.5 Å². The van der Waals surface area contributed by atoms with Crippen LogP contribution in [0.2, 0.25) is 0 Å². The standard InChI is InChI=1S/C22H32N2O3S/c1-5-18-11-17(15-28-18)13-23-14-20(25)19(12-16-9-7-6-8-10-16)24(21(26)27)22(2,3)4/h6-11,15,19-20,23,25H,5,12-14H2,1-4H3,(H,26,27)/t19-,20-/m0/s1. The molecule has 0 aliphatic heterocycles. The van der Waals surface area contributed by atoms with Crippen molar-refractivity contribution in [1.29, 1.82) is 0 Å². The lowest BCUT2D eigenvalue weighted by atomic mass is 9.94. The number of rotatable bonds is 9. The predicted octanol–water partition coefficient (Wildman–Crippen LogP) is 4.15. The van der Waals surface area contributed by atoms with E-state index >= 15 is 0 Å². The maximum absolute atomic E-state index is 12.0. The fourth-order valence-electron chi connectivity index (χ4n) is 3.39. The van der Waals surface area contributed by atoms with Gasteiger partial charge in [-0.2, -0.15) is 0 Å². The van der Waals surface area contributed by atoms with Crippen molar-refractivity contribution in [2.24, 2.45) is 0 Å².